The Morgan fingerprint density at radius 3 is 2.39 bits per heavy atom. The Morgan fingerprint density at radius 1 is 0.909 bits per heavy atom. The number of nitrogens with zero attached hydrogens (tertiary/aromatic N) is 4. The molecule has 0 radical (unpaired) electrons. The fourth-order valence-electron chi connectivity index (χ4n) is 3.62. The second-order valence-electron chi connectivity index (χ2n) is 7.44. The van der Waals surface area contributed by atoms with Crippen molar-refractivity contribution in [1.29, 1.82) is 0 Å². The third kappa shape index (κ3) is 3.61. The van der Waals surface area contributed by atoms with Crippen LogP contribution in [0.1, 0.15) is 5.56 Å². The van der Waals surface area contributed by atoms with Crippen LogP contribution in [0.15, 0.2) is 76.0 Å². The van der Waals surface area contributed by atoms with Gasteiger partial charge in [0.2, 0.25) is 5.82 Å². The highest BCUT2D eigenvalue weighted by Gasteiger charge is 2.20. The Bertz CT molecular complexity index is 1520. The molecule has 0 amide bonds. The van der Waals surface area contributed by atoms with E-state index in [-0.39, 0.29) is 11.4 Å². The molecular formula is C25H20N4O4. The Hall–Kier alpha value is -4.46. The summed E-state index contributed by atoms with van der Waals surface area (Å²) >= 11 is 0. The number of ether oxygens (including phenoxy) is 2. The Balaban J connectivity index is 1.69. The topological polar surface area (TPSA) is 92.3 Å². The minimum atomic E-state index is -0.227. The van der Waals surface area contributed by atoms with Crippen molar-refractivity contribution < 1.29 is 14.0 Å². The lowest BCUT2D eigenvalue weighted by atomic mass is 10.1. The summed E-state index contributed by atoms with van der Waals surface area (Å²) in [6, 6.07) is 20.1. The van der Waals surface area contributed by atoms with Crippen molar-refractivity contribution >= 4 is 10.8 Å². The van der Waals surface area contributed by atoms with Gasteiger partial charge in [-0.2, -0.15) is 14.8 Å². The van der Waals surface area contributed by atoms with E-state index >= 15 is 0 Å². The molecule has 3 aromatic carbocycles. The van der Waals surface area contributed by atoms with Gasteiger partial charge >= 0.3 is 0 Å². The molecule has 2 aromatic heterocycles. The number of aromatic nitrogens is 4. The van der Waals surface area contributed by atoms with Crippen LogP contribution in [0.5, 0.6) is 11.5 Å². The first-order valence-electron chi connectivity index (χ1n) is 10.2. The van der Waals surface area contributed by atoms with Gasteiger partial charge in [0.05, 0.1) is 30.9 Å². The molecule has 0 saturated carbocycles. The average molecular weight is 440 g/mol. The first-order valence-corrected chi connectivity index (χ1v) is 10.2. The fourth-order valence-corrected chi connectivity index (χ4v) is 3.62. The largest absolute Gasteiger partial charge is 0.497 e. The Kier molecular flexibility index (Phi) is 5.10. The number of hydrogen-bond donors (Lipinski definition) is 0. The Labute approximate surface area is 189 Å². The van der Waals surface area contributed by atoms with E-state index in [0.29, 0.717) is 45.0 Å². The molecule has 0 aliphatic heterocycles. The molecule has 0 aliphatic rings. The number of benzene rings is 3. The lowest BCUT2D eigenvalue weighted by Gasteiger charge is -2.09. The quantitative estimate of drug-likeness (QED) is 0.399. The van der Waals surface area contributed by atoms with E-state index in [9.17, 15) is 4.79 Å². The summed E-state index contributed by atoms with van der Waals surface area (Å²) in [5.74, 6) is 1.73. The lowest BCUT2D eigenvalue weighted by molar-refractivity contribution is 0.394. The second-order valence-corrected chi connectivity index (χ2v) is 7.44. The van der Waals surface area contributed by atoms with Crippen molar-refractivity contribution in [3.05, 3.63) is 82.6 Å². The lowest BCUT2D eigenvalue weighted by Crippen LogP contribution is -2.22. The molecule has 0 saturated heterocycles. The maximum absolute atomic E-state index is 13.2. The molecule has 0 N–H and O–H groups in total. The summed E-state index contributed by atoms with van der Waals surface area (Å²) in [5, 5.41) is 9.87. The summed E-state index contributed by atoms with van der Waals surface area (Å²) in [7, 11) is 3.15. The SMILES string of the molecule is COc1ccc(-c2noc(-c3nn(-c4ccc(C)cc4)c(=O)c4ccccc34)n2)c(OC)c1. The van der Waals surface area contributed by atoms with E-state index in [0.717, 1.165) is 5.56 Å². The van der Waals surface area contributed by atoms with E-state index in [1.165, 1.54) is 4.68 Å². The summed E-state index contributed by atoms with van der Waals surface area (Å²) in [5.41, 5.74) is 2.56. The molecule has 8 nitrogen and oxygen atoms in total. The minimum Gasteiger partial charge on any atom is -0.497 e. The van der Waals surface area contributed by atoms with Gasteiger partial charge in [-0.05, 0) is 37.3 Å². The number of methoxy groups -OCH3 is 2. The van der Waals surface area contributed by atoms with Gasteiger partial charge in [0, 0.05) is 11.5 Å². The number of fused-ring (bicyclic) bond motifs is 1. The molecule has 8 heteroatoms. The molecule has 33 heavy (non-hydrogen) atoms. The highest BCUT2D eigenvalue weighted by atomic mass is 16.5. The molecule has 164 valence electrons. The molecule has 0 atom stereocenters. The second kappa shape index (κ2) is 8.23. The maximum atomic E-state index is 13.2. The molecule has 0 spiro atoms. The molecule has 0 bridgehead atoms. The van der Waals surface area contributed by atoms with Crippen molar-refractivity contribution in [1.82, 2.24) is 19.9 Å². The van der Waals surface area contributed by atoms with Gasteiger partial charge in [-0.3, -0.25) is 4.79 Å². The maximum Gasteiger partial charge on any atom is 0.279 e. The Morgan fingerprint density at radius 2 is 1.67 bits per heavy atom. The van der Waals surface area contributed by atoms with Crippen LogP contribution in [0, 0.1) is 6.92 Å². The first-order chi connectivity index (χ1) is 16.1. The first kappa shape index (κ1) is 20.4. The smallest absolute Gasteiger partial charge is 0.279 e. The van der Waals surface area contributed by atoms with Gasteiger partial charge in [-0.1, -0.05) is 41.1 Å². The van der Waals surface area contributed by atoms with Gasteiger partial charge < -0.3 is 14.0 Å². The molecule has 0 fully saturated rings. The number of hydrogen-bond acceptors (Lipinski definition) is 7. The zero-order valence-corrected chi connectivity index (χ0v) is 18.3. The average Bonchev–Trinajstić information content (AvgIpc) is 3.34. The fraction of sp³-hybridized carbons (Fsp3) is 0.120. The number of rotatable bonds is 5. The third-order valence-corrected chi connectivity index (χ3v) is 5.36. The van der Waals surface area contributed by atoms with Gasteiger partial charge in [0.25, 0.3) is 11.4 Å². The number of aryl methyl sites for hydroxylation is 1. The van der Waals surface area contributed by atoms with Crippen LogP contribution in [0.4, 0.5) is 0 Å². The predicted molar refractivity (Wildman–Crippen MR) is 124 cm³/mol. The standard InChI is InChI=1S/C25H20N4O4/c1-15-8-10-16(11-9-15)29-25(30)19-7-5-4-6-18(19)22(27-29)24-26-23(28-33-24)20-13-12-17(31-2)14-21(20)32-3/h4-14H,1-3H3. The van der Waals surface area contributed by atoms with Gasteiger partial charge in [0.1, 0.15) is 11.5 Å². The van der Waals surface area contributed by atoms with Crippen LogP contribution in [-0.4, -0.2) is 34.1 Å². The zero-order valence-electron chi connectivity index (χ0n) is 18.3. The van der Waals surface area contributed by atoms with Gasteiger partial charge in [0.15, 0.2) is 5.69 Å². The van der Waals surface area contributed by atoms with Crippen molar-refractivity contribution in [2.24, 2.45) is 0 Å². The van der Waals surface area contributed by atoms with Crippen LogP contribution in [0.2, 0.25) is 0 Å². The minimum absolute atomic E-state index is 0.194. The van der Waals surface area contributed by atoms with Gasteiger partial charge in [-0.15, -0.1) is 0 Å². The van der Waals surface area contributed by atoms with Gasteiger partial charge in [-0.25, -0.2) is 0 Å². The monoisotopic (exact) mass is 440 g/mol. The van der Waals surface area contributed by atoms with Crippen LogP contribution < -0.4 is 15.0 Å². The summed E-state index contributed by atoms with van der Waals surface area (Å²) in [6.45, 7) is 1.99. The molecule has 5 rings (SSSR count). The van der Waals surface area contributed by atoms with Crippen LogP contribution in [0.3, 0.4) is 0 Å². The summed E-state index contributed by atoms with van der Waals surface area (Å²) < 4.78 is 17.7. The molecular weight excluding hydrogens is 420 g/mol. The van der Waals surface area contributed by atoms with Crippen molar-refractivity contribution in [2.45, 2.75) is 6.92 Å². The third-order valence-electron chi connectivity index (χ3n) is 5.36. The molecule has 0 aliphatic carbocycles. The van der Waals surface area contributed by atoms with Crippen molar-refractivity contribution in [3.63, 3.8) is 0 Å². The summed E-state index contributed by atoms with van der Waals surface area (Å²) in [6.07, 6.45) is 0. The van der Waals surface area contributed by atoms with E-state index in [2.05, 4.69) is 15.2 Å². The zero-order chi connectivity index (χ0) is 22.9. The van der Waals surface area contributed by atoms with E-state index in [1.807, 2.05) is 49.4 Å². The van der Waals surface area contributed by atoms with Crippen LogP contribution in [0.25, 0.3) is 39.4 Å². The molecule has 0 unspecified atom stereocenters. The predicted octanol–water partition coefficient (Wildman–Crippen LogP) is 4.43. The highest BCUT2D eigenvalue weighted by molar-refractivity contribution is 5.92. The van der Waals surface area contributed by atoms with Crippen LogP contribution in [-0.2, 0) is 0 Å². The van der Waals surface area contributed by atoms with Crippen molar-refractivity contribution in [3.8, 4) is 40.2 Å². The molecule has 2 heterocycles. The molecule has 5 aromatic rings. The van der Waals surface area contributed by atoms with E-state index in [1.54, 1.807) is 38.5 Å². The van der Waals surface area contributed by atoms with E-state index < -0.39 is 0 Å². The van der Waals surface area contributed by atoms with E-state index in [4.69, 9.17) is 14.0 Å². The van der Waals surface area contributed by atoms with Crippen LogP contribution >= 0.6 is 0 Å². The summed E-state index contributed by atoms with van der Waals surface area (Å²) in [4.78, 5) is 17.7. The van der Waals surface area contributed by atoms with Crippen molar-refractivity contribution in [2.75, 3.05) is 14.2 Å². The normalized spacial score (nSPS) is 11.0. The highest BCUT2D eigenvalue weighted by Crippen LogP contribution is 2.33.